The van der Waals surface area contributed by atoms with Crippen molar-refractivity contribution in [1.82, 2.24) is 5.32 Å². The van der Waals surface area contributed by atoms with Gasteiger partial charge in [-0.3, -0.25) is 4.99 Å². The van der Waals surface area contributed by atoms with Crippen LogP contribution in [0.4, 0.5) is 0 Å². The van der Waals surface area contributed by atoms with Crippen molar-refractivity contribution in [2.45, 2.75) is 11.6 Å². The Bertz CT molecular complexity index is 2790. The van der Waals surface area contributed by atoms with Crippen LogP contribution in [0.3, 0.4) is 0 Å². The monoisotopic (exact) mass is 716 g/mol. The summed E-state index contributed by atoms with van der Waals surface area (Å²) < 4.78 is 6.78. The summed E-state index contributed by atoms with van der Waals surface area (Å²) in [6.07, 6.45) is 1.96. The average Bonchev–Trinajstić information content (AvgIpc) is 3.57. The Kier molecular flexibility index (Phi) is 7.46. The lowest BCUT2D eigenvalue weighted by Gasteiger charge is -2.39. The van der Waals surface area contributed by atoms with Crippen molar-refractivity contribution in [3.05, 3.63) is 245 Å². The molecule has 1 unspecified atom stereocenters. The maximum Gasteiger partial charge on any atom is 0.145 e. The van der Waals surface area contributed by atoms with Crippen LogP contribution < -0.4 is 10.1 Å². The fourth-order valence-electron chi connectivity index (χ4n) is 9.00. The first-order valence-corrected chi connectivity index (χ1v) is 19.2. The van der Waals surface area contributed by atoms with Gasteiger partial charge in [-0.1, -0.05) is 188 Å². The van der Waals surface area contributed by atoms with Crippen molar-refractivity contribution in [1.29, 1.82) is 0 Å². The first kappa shape index (κ1) is 32.2. The fraction of sp³-hybridized carbons (Fsp3) is 0.0377. The summed E-state index contributed by atoms with van der Waals surface area (Å²) in [5.74, 6) is 1.78. The van der Waals surface area contributed by atoms with Crippen LogP contribution in [0.15, 0.2) is 211 Å². The minimum atomic E-state index is -0.463. The molecule has 8 aromatic carbocycles. The number of para-hydroxylation sites is 1. The van der Waals surface area contributed by atoms with E-state index in [0.29, 0.717) is 0 Å². The molecule has 8 aromatic rings. The van der Waals surface area contributed by atoms with E-state index in [4.69, 9.17) is 9.73 Å². The van der Waals surface area contributed by atoms with E-state index in [2.05, 4.69) is 199 Å². The molecule has 11 rings (SSSR count). The third-order valence-electron chi connectivity index (χ3n) is 11.6. The summed E-state index contributed by atoms with van der Waals surface area (Å²) >= 11 is 0. The normalized spacial score (nSPS) is 15.6. The quantitative estimate of drug-likeness (QED) is 0.192. The summed E-state index contributed by atoms with van der Waals surface area (Å²) in [5, 5.41) is 3.73. The predicted octanol–water partition coefficient (Wildman–Crippen LogP) is 12.6. The minimum Gasteiger partial charge on any atom is -0.457 e. The number of hydrogen-bond acceptors (Lipinski definition) is 3. The van der Waals surface area contributed by atoms with Crippen LogP contribution in [0.5, 0.6) is 11.5 Å². The van der Waals surface area contributed by atoms with Gasteiger partial charge in [0, 0.05) is 16.8 Å². The lowest BCUT2D eigenvalue weighted by atomic mass is 9.66. The van der Waals surface area contributed by atoms with E-state index in [1.807, 2.05) is 12.1 Å². The molecule has 0 amide bonds. The second-order valence-electron chi connectivity index (χ2n) is 14.7. The number of benzene rings is 8. The van der Waals surface area contributed by atoms with E-state index < -0.39 is 5.41 Å². The molecule has 0 bridgehead atoms. The highest BCUT2D eigenvalue weighted by atomic mass is 16.5. The van der Waals surface area contributed by atoms with E-state index in [-0.39, 0.29) is 6.17 Å². The Morgan fingerprint density at radius 3 is 1.61 bits per heavy atom. The van der Waals surface area contributed by atoms with Crippen molar-refractivity contribution in [3.8, 4) is 44.9 Å². The average molecular weight is 717 g/mol. The third-order valence-corrected chi connectivity index (χ3v) is 11.6. The maximum atomic E-state index is 6.78. The second-order valence-corrected chi connectivity index (χ2v) is 14.7. The molecule has 2 aliphatic heterocycles. The number of ether oxygens (including phenoxy) is 1. The molecule has 3 nitrogen and oxygen atoms in total. The lowest BCUT2D eigenvalue weighted by Crippen LogP contribution is -2.32. The summed E-state index contributed by atoms with van der Waals surface area (Å²) in [6.45, 7) is 0. The molecule has 1 aliphatic carbocycles. The highest BCUT2D eigenvalue weighted by molar-refractivity contribution is 6.13. The van der Waals surface area contributed by atoms with Crippen LogP contribution in [0.1, 0.15) is 45.1 Å². The molecular formula is C53H36N2O. The second kappa shape index (κ2) is 13.0. The van der Waals surface area contributed by atoms with Gasteiger partial charge in [0.05, 0.1) is 11.1 Å². The van der Waals surface area contributed by atoms with Gasteiger partial charge < -0.3 is 10.1 Å². The Labute approximate surface area is 327 Å². The number of nitrogens with one attached hydrogen (secondary N) is 1. The summed E-state index contributed by atoms with van der Waals surface area (Å²) in [6, 6.07) is 71.5. The van der Waals surface area contributed by atoms with Crippen molar-refractivity contribution in [2.75, 3.05) is 0 Å². The molecule has 0 aromatic heterocycles. The molecular weight excluding hydrogens is 681 g/mol. The van der Waals surface area contributed by atoms with Gasteiger partial charge in [0.2, 0.25) is 0 Å². The maximum absolute atomic E-state index is 6.78. The Morgan fingerprint density at radius 2 is 0.911 bits per heavy atom. The molecule has 0 saturated carbocycles. The van der Waals surface area contributed by atoms with Gasteiger partial charge in [-0.25, -0.2) is 0 Å². The fourth-order valence-corrected chi connectivity index (χ4v) is 9.00. The molecule has 56 heavy (non-hydrogen) atoms. The lowest BCUT2D eigenvalue weighted by molar-refractivity contribution is 0.436. The van der Waals surface area contributed by atoms with Crippen LogP contribution in [0, 0.1) is 0 Å². The Hall–Kier alpha value is -7.23. The van der Waals surface area contributed by atoms with Crippen LogP contribution in [-0.4, -0.2) is 5.71 Å². The van der Waals surface area contributed by atoms with Crippen LogP contribution in [-0.2, 0) is 5.41 Å². The molecule has 2 heterocycles. The SMILES string of the molecule is C1=C(c2ccc(-c3ccc4c(c3)Oc3ccccc3C43c4ccccc4-c4ccccc43)cc2)NC(c2ccccc2)N=C1c1ccc(-c2ccccc2)cc1. The zero-order valence-electron chi connectivity index (χ0n) is 30.6. The zero-order valence-corrected chi connectivity index (χ0v) is 30.6. The van der Waals surface area contributed by atoms with Gasteiger partial charge in [-0.15, -0.1) is 0 Å². The number of fused-ring (bicyclic) bond motifs is 9. The van der Waals surface area contributed by atoms with Gasteiger partial charge in [0.1, 0.15) is 17.7 Å². The third kappa shape index (κ3) is 5.09. The molecule has 3 aliphatic rings. The number of nitrogens with zero attached hydrogens (tertiary/aromatic N) is 1. The largest absolute Gasteiger partial charge is 0.457 e. The van der Waals surface area contributed by atoms with Crippen molar-refractivity contribution in [3.63, 3.8) is 0 Å². The van der Waals surface area contributed by atoms with E-state index in [9.17, 15) is 0 Å². The number of aliphatic imine (C=N–C) groups is 1. The molecule has 1 N–H and O–H groups in total. The molecule has 0 radical (unpaired) electrons. The van der Waals surface area contributed by atoms with E-state index >= 15 is 0 Å². The van der Waals surface area contributed by atoms with Crippen molar-refractivity contribution in [2.24, 2.45) is 4.99 Å². The number of allylic oxidation sites excluding steroid dienone is 1. The Balaban J connectivity index is 0.959. The van der Waals surface area contributed by atoms with Crippen LogP contribution in [0.25, 0.3) is 39.1 Å². The van der Waals surface area contributed by atoms with Crippen molar-refractivity contribution < 1.29 is 4.74 Å². The van der Waals surface area contributed by atoms with Crippen molar-refractivity contribution >= 4 is 11.4 Å². The van der Waals surface area contributed by atoms with E-state index in [1.165, 1.54) is 44.5 Å². The number of hydrogen-bond donors (Lipinski definition) is 1. The molecule has 1 atom stereocenters. The molecule has 1 spiro atoms. The molecule has 3 heteroatoms. The molecule has 0 saturated heterocycles. The molecule has 264 valence electrons. The first-order valence-electron chi connectivity index (χ1n) is 19.2. The van der Waals surface area contributed by atoms with Gasteiger partial charge >= 0.3 is 0 Å². The topological polar surface area (TPSA) is 33.6 Å². The van der Waals surface area contributed by atoms with Gasteiger partial charge in [-0.05, 0) is 79.4 Å². The zero-order chi connectivity index (χ0) is 37.1. The molecule has 0 fully saturated rings. The first-order chi connectivity index (χ1) is 27.7. The van der Waals surface area contributed by atoms with Gasteiger partial charge in [0.15, 0.2) is 0 Å². The van der Waals surface area contributed by atoms with Crippen LogP contribution in [0.2, 0.25) is 0 Å². The van der Waals surface area contributed by atoms with Gasteiger partial charge in [0.25, 0.3) is 0 Å². The minimum absolute atomic E-state index is 0.210. The predicted molar refractivity (Wildman–Crippen MR) is 228 cm³/mol. The Morgan fingerprint density at radius 1 is 0.411 bits per heavy atom. The number of rotatable bonds is 5. The standard InChI is InChI=1S/C53H36N2O/c1-3-13-35(14-4-1)36-23-27-38(28-24-36)48-34-49(55-52(54-48)40-15-5-2-6-16-40)39-29-25-37(26-30-39)41-31-32-47-51(33-41)56-50-22-12-11-21-46(50)53(47)44-19-9-7-17-42(44)43-18-8-10-20-45(43)53/h1-34,52,55H. The highest BCUT2D eigenvalue weighted by Crippen LogP contribution is 2.62. The van der Waals surface area contributed by atoms with Gasteiger partial charge in [-0.2, -0.15) is 0 Å². The van der Waals surface area contributed by atoms with E-state index in [1.54, 1.807) is 0 Å². The van der Waals surface area contributed by atoms with Crippen LogP contribution >= 0.6 is 0 Å². The summed E-state index contributed by atoms with van der Waals surface area (Å²) in [5.41, 5.74) is 17.0. The smallest absolute Gasteiger partial charge is 0.145 e. The van der Waals surface area contributed by atoms with E-state index in [0.717, 1.165) is 50.7 Å². The highest BCUT2D eigenvalue weighted by Gasteiger charge is 2.50. The summed E-state index contributed by atoms with van der Waals surface area (Å²) in [7, 11) is 0. The summed E-state index contributed by atoms with van der Waals surface area (Å²) in [4.78, 5) is 5.20.